The Labute approximate surface area is 118 Å². The van der Waals surface area contributed by atoms with Crippen LogP contribution in [0, 0.1) is 5.41 Å². The molecule has 0 aromatic carbocycles. The Morgan fingerprint density at radius 1 is 1.45 bits per heavy atom. The molecule has 0 bridgehead atoms. The van der Waals surface area contributed by atoms with E-state index >= 15 is 0 Å². The lowest BCUT2D eigenvalue weighted by atomic mass is 9.80. The fourth-order valence-electron chi connectivity index (χ4n) is 2.21. The highest BCUT2D eigenvalue weighted by atomic mass is 16.5. The Morgan fingerprint density at radius 2 is 2.15 bits per heavy atom. The van der Waals surface area contributed by atoms with Gasteiger partial charge in [0, 0.05) is 13.1 Å². The van der Waals surface area contributed by atoms with Gasteiger partial charge in [-0.15, -0.1) is 0 Å². The van der Waals surface area contributed by atoms with E-state index in [1.807, 2.05) is 6.92 Å². The van der Waals surface area contributed by atoms with Gasteiger partial charge in [-0.05, 0) is 26.2 Å². The largest absolute Gasteiger partial charge is 0.481 e. The summed E-state index contributed by atoms with van der Waals surface area (Å²) in [6.45, 7) is 5.81. The summed E-state index contributed by atoms with van der Waals surface area (Å²) in [5.41, 5.74) is -0.625. The second kappa shape index (κ2) is 6.07. The molecule has 1 N–H and O–H groups in total. The van der Waals surface area contributed by atoms with E-state index in [0.717, 1.165) is 12.2 Å². The van der Waals surface area contributed by atoms with E-state index in [2.05, 4.69) is 14.9 Å². The summed E-state index contributed by atoms with van der Waals surface area (Å²) < 4.78 is 5.47. The molecular weight excluding hydrogens is 258 g/mol. The van der Waals surface area contributed by atoms with E-state index in [0.29, 0.717) is 38.4 Å². The number of carboxylic acids is 1. The van der Waals surface area contributed by atoms with Gasteiger partial charge in [0.05, 0.1) is 24.4 Å². The van der Waals surface area contributed by atoms with Crippen molar-refractivity contribution in [2.75, 3.05) is 24.6 Å². The second-order valence-corrected chi connectivity index (χ2v) is 5.42. The molecule has 2 rings (SSSR count). The summed E-state index contributed by atoms with van der Waals surface area (Å²) in [7, 11) is 0. The number of nitrogens with zero attached hydrogens (tertiary/aromatic N) is 3. The number of ether oxygens (including phenoxy) is 1. The molecule has 6 heteroatoms. The average molecular weight is 279 g/mol. The standard InChI is InChI=1S/C14H21N3O3/c1-3-8-20-12-10-15-9-11(16-12)17-6-4-14(2,5-7-17)13(18)19/h9-10H,3-8H2,1-2H3,(H,18,19). The second-order valence-electron chi connectivity index (χ2n) is 5.42. The van der Waals surface area contributed by atoms with Crippen molar-refractivity contribution in [3.05, 3.63) is 12.4 Å². The maximum absolute atomic E-state index is 11.2. The molecule has 1 aromatic rings. The number of carbonyl (C=O) groups is 1. The summed E-state index contributed by atoms with van der Waals surface area (Å²) in [6, 6.07) is 0. The van der Waals surface area contributed by atoms with Crippen LogP contribution in [0.2, 0.25) is 0 Å². The minimum Gasteiger partial charge on any atom is -0.481 e. The van der Waals surface area contributed by atoms with Gasteiger partial charge >= 0.3 is 5.97 Å². The number of hydrogen-bond donors (Lipinski definition) is 1. The monoisotopic (exact) mass is 279 g/mol. The zero-order chi connectivity index (χ0) is 14.6. The first kappa shape index (κ1) is 14.6. The normalized spacial score (nSPS) is 17.8. The minimum absolute atomic E-state index is 0.524. The van der Waals surface area contributed by atoms with Crippen LogP contribution in [0.3, 0.4) is 0 Å². The van der Waals surface area contributed by atoms with Crippen molar-refractivity contribution in [1.29, 1.82) is 0 Å². The third-order valence-electron chi connectivity index (χ3n) is 3.76. The van der Waals surface area contributed by atoms with Crippen LogP contribution in [0.15, 0.2) is 12.4 Å². The summed E-state index contributed by atoms with van der Waals surface area (Å²) in [6.07, 6.45) is 5.45. The third kappa shape index (κ3) is 3.18. The quantitative estimate of drug-likeness (QED) is 0.888. The molecule has 1 aliphatic rings. The van der Waals surface area contributed by atoms with Gasteiger partial charge in [0.15, 0.2) is 5.82 Å². The predicted octanol–water partition coefficient (Wildman–Crippen LogP) is 1.96. The summed E-state index contributed by atoms with van der Waals surface area (Å²) in [5.74, 6) is 0.560. The Kier molecular flexibility index (Phi) is 4.42. The van der Waals surface area contributed by atoms with Crippen molar-refractivity contribution in [1.82, 2.24) is 9.97 Å². The van der Waals surface area contributed by atoms with Gasteiger partial charge in [0.25, 0.3) is 0 Å². The van der Waals surface area contributed by atoms with Crippen LogP contribution in [0.4, 0.5) is 5.82 Å². The third-order valence-corrected chi connectivity index (χ3v) is 3.76. The molecule has 110 valence electrons. The van der Waals surface area contributed by atoms with Gasteiger partial charge in [-0.3, -0.25) is 9.78 Å². The van der Waals surface area contributed by atoms with E-state index in [1.165, 1.54) is 0 Å². The highest BCUT2D eigenvalue weighted by Crippen LogP contribution is 2.32. The maximum atomic E-state index is 11.2. The highest BCUT2D eigenvalue weighted by molar-refractivity contribution is 5.74. The van der Waals surface area contributed by atoms with E-state index < -0.39 is 11.4 Å². The lowest BCUT2D eigenvalue weighted by Gasteiger charge is -2.36. The van der Waals surface area contributed by atoms with Gasteiger partial charge in [0.1, 0.15) is 0 Å². The van der Waals surface area contributed by atoms with Crippen LogP contribution in [0.1, 0.15) is 33.1 Å². The van der Waals surface area contributed by atoms with Gasteiger partial charge in [0.2, 0.25) is 5.88 Å². The van der Waals surface area contributed by atoms with Crippen LogP contribution in [-0.4, -0.2) is 40.7 Å². The van der Waals surface area contributed by atoms with Gasteiger partial charge in [-0.2, -0.15) is 4.98 Å². The number of rotatable bonds is 5. The van der Waals surface area contributed by atoms with Crippen molar-refractivity contribution in [3.8, 4) is 5.88 Å². The topological polar surface area (TPSA) is 75.5 Å². The van der Waals surface area contributed by atoms with Crippen LogP contribution in [-0.2, 0) is 4.79 Å². The van der Waals surface area contributed by atoms with E-state index in [9.17, 15) is 9.90 Å². The summed E-state index contributed by atoms with van der Waals surface area (Å²) in [5, 5.41) is 9.23. The van der Waals surface area contributed by atoms with Crippen LogP contribution >= 0.6 is 0 Å². The minimum atomic E-state index is -0.719. The maximum Gasteiger partial charge on any atom is 0.309 e. The highest BCUT2D eigenvalue weighted by Gasteiger charge is 2.37. The molecule has 0 saturated carbocycles. The average Bonchev–Trinajstić information content (AvgIpc) is 2.46. The Hall–Kier alpha value is -1.85. The lowest BCUT2D eigenvalue weighted by Crippen LogP contribution is -2.43. The van der Waals surface area contributed by atoms with E-state index in [1.54, 1.807) is 19.3 Å². The van der Waals surface area contributed by atoms with Crippen LogP contribution in [0.5, 0.6) is 5.88 Å². The molecule has 0 atom stereocenters. The zero-order valence-corrected chi connectivity index (χ0v) is 12.0. The zero-order valence-electron chi connectivity index (χ0n) is 12.0. The van der Waals surface area contributed by atoms with Gasteiger partial charge < -0.3 is 14.7 Å². The van der Waals surface area contributed by atoms with E-state index in [4.69, 9.17) is 4.74 Å². The molecule has 2 heterocycles. The number of anilines is 1. The smallest absolute Gasteiger partial charge is 0.309 e. The SMILES string of the molecule is CCCOc1cncc(N2CCC(C)(C(=O)O)CC2)n1. The lowest BCUT2D eigenvalue weighted by molar-refractivity contribution is -0.149. The molecule has 6 nitrogen and oxygen atoms in total. The van der Waals surface area contributed by atoms with Crippen LogP contribution < -0.4 is 9.64 Å². The number of carboxylic acid groups (broad SMARTS) is 1. The first-order valence-electron chi connectivity index (χ1n) is 6.98. The first-order chi connectivity index (χ1) is 9.55. The molecule has 0 spiro atoms. The molecule has 1 fully saturated rings. The number of aromatic nitrogens is 2. The van der Waals surface area contributed by atoms with Crippen molar-refractivity contribution in [2.24, 2.45) is 5.41 Å². The number of aliphatic carboxylic acids is 1. The number of piperidine rings is 1. The predicted molar refractivity (Wildman–Crippen MR) is 75.0 cm³/mol. The molecule has 0 unspecified atom stereocenters. The van der Waals surface area contributed by atoms with Gasteiger partial charge in [-0.25, -0.2) is 0 Å². The molecule has 0 amide bonds. The van der Waals surface area contributed by atoms with Gasteiger partial charge in [-0.1, -0.05) is 6.92 Å². The van der Waals surface area contributed by atoms with E-state index in [-0.39, 0.29) is 0 Å². The summed E-state index contributed by atoms with van der Waals surface area (Å²) in [4.78, 5) is 21.9. The molecule has 0 radical (unpaired) electrons. The molecule has 1 aliphatic heterocycles. The van der Waals surface area contributed by atoms with Crippen molar-refractivity contribution >= 4 is 11.8 Å². The molecule has 1 saturated heterocycles. The fourth-order valence-corrected chi connectivity index (χ4v) is 2.21. The molecule has 0 aliphatic carbocycles. The number of hydrogen-bond acceptors (Lipinski definition) is 5. The van der Waals surface area contributed by atoms with Crippen molar-refractivity contribution in [2.45, 2.75) is 33.1 Å². The Balaban J connectivity index is 2.01. The van der Waals surface area contributed by atoms with Crippen LogP contribution in [0.25, 0.3) is 0 Å². The first-order valence-corrected chi connectivity index (χ1v) is 6.98. The fraction of sp³-hybridized carbons (Fsp3) is 0.643. The molecule has 20 heavy (non-hydrogen) atoms. The Morgan fingerprint density at radius 3 is 2.75 bits per heavy atom. The molecule has 1 aromatic heterocycles. The summed E-state index contributed by atoms with van der Waals surface area (Å²) >= 11 is 0. The Bertz CT molecular complexity index is 470. The molecular formula is C14H21N3O3. The van der Waals surface area contributed by atoms with Crippen molar-refractivity contribution < 1.29 is 14.6 Å². The van der Waals surface area contributed by atoms with Crippen molar-refractivity contribution in [3.63, 3.8) is 0 Å².